The van der Waals surface area contributed by atoms with E-state index in [-0.39, 0.29) is 6.61 Å². The molecule has 0 atom stereocenters. The maximum absolute atomic E-state index is 9.35. The van der Waals surface area contributed by atoms with Crippen molar-refractivity contribution in [1.82, 2.24) is 9.97 Å². The number of anilines is 2. The molecule has 0 radical (unpaired) electrons. The maximum atomic E-state index is 9.35. The van der Waals surface area contributed by atoms with Crippen LogP contribution in [0.5, 0.6) is 0 Å². The lowest BCUT2D eigenvalue weighted by Gasteiger charge is -2.24. The van der Waals surface area contributed by atoms with E-state index >= 15 is 0 Å². The molecule has 0 spiro atoms. The van der Waals surface area contributed by atoms with Crippen LogP contribution in [0.2, 0.25) is 5.02 Å². The van der Waals surface area contributed by atoms with Gasteiger partial charge in [0.2, 0.25) is 5.95 Å². The first kappa shape index (κ1) is 21.2. The second-order valence-electron chi connectivity index (χ2n) is 6.90. The lowest BCUT2D eigenvalue weighted by molar-refractivity contribution is 0.0903. The molecule has 0 amide bonds. The molecule has 1 saturated heterocycles. The quantitative estimate of drug-likeness (QED) is 0.449. The van der Waals surface area contributed by atoms with Gasteiger partial charge in [-0.2, -0.15) is 4.98 Å². The lowest BCUT2D eigenvalue weighted by atomic mass is 10.1. The molecule has 1 aliphatic heterocycles. The summed E-state index contributed by atoms with van der Waals surface area (Å²) >= 11 is 6.32. The Labute approximate surface area is 175 Å². The summed E-state index contributed by atoms with van der Waals surface area (Å²) in [5.41, 5.74) is 2.49. The lowest BCUT2D eigenvalue weighted by Crippen LogP contribution is -2.29. The highest BCUT2D eigenvalue weighted by atomic mass is 35.5. The van der Waals surface area contributed by atoms with Crippen LogP contribution in [0, 0.1) is 12.3 Å². The van der Waals surface area contributed by atoms with E-state index < -0.39 is 0 Å². The predicted molar refractivity (Wildman–Crippen MR) is 116 cm³/mol. The Morgan fingerprint density at radius 2 is 2.10 bits per heavy atom. The van der Waals surface area contributed by atoms with Crippen LogP contribution in [0.4, 0.5) is 11.8 Å². The fraction of sp³-hybridized carbons (Fsp3) is 0.381. The van der Waals surface area contributed by atoms with Gasteiger partial charge in [0.25, 0.3) is 0 Å². The third kappa shape index (κ3) is 5.53. The molecule has 1 aliphatic rings. The van der Waals surface area contributed by atoms with Crippen LogP contribution in [0.3, 0.4) is 0 Å². The van der Waals surface area contributed by atoms with Crippen LogP contribution < -0.4 is 10.2 Å². The van der Waals surface area contributed by atoms with Crippen molar-refractivity contribution in [3.8, 4) is 0 Å². The number of aromatic nitrogens is 2. The molecular weight excluding hydrogens is 390 g/mol. The van der Waals surface area contributed by atoms with Gasteiger partial charge in [-0.3, -0.25) is 10.3 Å². The van der Waals surface area contributed by atoms with E-state index in [4.69, 9.17) is 21.7 Å². The van der Waals surface area contributed by atoms with Crippen molar-refractivity contribution in [3.05, 3.63) is 58.4 Å². The molecule has 2 aromatic rings. The number of aryl methyl sites for hydroxylation is 1. The average molecular weight is 416 g/mol. The molecule has 8 heteroatoms. The molecule has 1 aromatic heterocycles. The van der Waals surface area contributed by atoms with Gasteiger partial charge in [0.15, 0.2) is 0 Å². The van der Waals surface area contributed by atoms with E-state index in [9.17, 15) is 5.11 Å². The van der Waals surface area contributed by atoms with Crippen LogP contribution in [-0.2, 0) is 17.8 Å². The molecule has 0 unspecified atom stereocenters. The number of aliphatic hydroxyl groups is 1. The molecule has 0 bridgehead atoms. The second kappa shape index (κ2) is 10.3. The Morgan fingerprint density at radius 1 is 1.34 bits per heavy atom. The Bertz CT molecular complexity index is 868. The highest BCUT2D eigenvalue weighted by molar-refractivity contribution is 6.32. The van der Waals surface area contributed by atoms with Gasteiger partial charge >= 0.3 is 0 Å². The van der Waals surface area contributed by atoms with Crippen LogP contribution >= 0.6 is 11.6 Å². The number of nitrogens with one attached hydrogen (secondary N) is 2. The highest BCUT2D eigenvalue weighted by Crippen LogP contribution is 2.23. The van der Waals surface area contributed by atoms with Gasteiger partial charge in [-0.15, -0.1) is 0 Å². The van der Waals surface area contributed by atoms with Crippen LogP contribution in [0.15, 0.2) is 36.7 Å². The second-order valence-corrected chi connectivity index (χ2v) is 7.28. The number of halogens is 1. The van der Waals surface area contributed by atoms with Crippen LogP contribution in [0.25, 0.3) is 0 Å². The standard InChI is InChI=1S/C21H26ClN5O2/c1-15-12-24-21(25-18-7-10-29-11-8-18)26-20(15)27(14-23)9-3-6-16-4-2-5-17(13-28)19(16)22/h2-5,9,12,14,18,23,28H,6-8,10-11,13H2,1H3,(H,24,25,26)/b9-3+,23-14?. The smallest absolute Gasteiger partial charge is 0.224 e. The van der Waals surface area contributed by atoms with Gasteiger partial charge < -0.3 is 15.2 Å². The summed E-state index contributed by atoms with van der Waals surface area (Å²) in [5.74, 6) is 1.20. The van der Waals surface area contributed by atoms with Crippen molar-refractivity contribution in [1.29, 1.82) is 5.41 Å². The van der Waals surface area contributed by atoms with Gasteiger partial charge in [-0.25, -0.2) is 4.98 Å². The maximum Gasteiger partial charge on any atom is 0.224 e. The monoisotopic (exact) mass is 415 g/mol. The van der Waals surface area contributed by atoms with Gasteiger partial charge in [0.1, 0.15) is 5.82 Å². The van der Waals surface area contributed by atoms with E-state index in [1.54, 1.807) is 23.4 Å². The van der Waals surface area contributed by atoms with Crippen molar-refractivity contribution in [3.63, 3.8) is 0 Å². The predicted octanol–water partition coefficient (Wildman–Crippen LogP) is 3.69. The Morgan fingerprint density at radius 3 is 2.83 bits per heavy atom. The Kier molecular flexibility index (Phi) is 7.57. The van der Waals surface area contributed by atoms with E-state index in [2.05, 4.69) is 15.3 Å². The number of nitrogens with zero attached hydrogens (tertiary/aromatic N) is 3. The van der Waals surface area contributed by atoms with Gasteiger partial charge in [0.05, 0.1) is 12.9 Å². The number of allylic oxidation sites excluding steroid dienone is 1. The number of hydrogen-bond acceptors (Lipinski definition) is 6. The molecule has 0 saturated carbocycles. The first-order valence-corrected chi connectivity index (χ1v) is 10.0. The normalized spacial score (nSPS) is 14.9. The first-order valence-electron chi connectivity index (χ1n) is 9.63. The molecule has 0 aliphatic carbocycles. The van der Waals surface area contributed by atoms with Crippen molar-refractivity contribution in [2.45, 2.75) is 38.8 Å². The largest absolute Gasteiger partial charge is 0.392 e. The number of ether oxygens (including phenoxy) is 1. The molecule has 1 fully saturated rings. The third-order valence-corrected chi connectivity index (χ3v) is 5.30. The van der Waals surface area contributed by atoms with Crippen LogP contribution in [0.1, 0.15) is 29.5 Å². The Balaban J connectivity index is 1.72. The third-order valence-electron chi connectivity index (χ3n) is 4.82. The summed E-state index contributed by atoms with van der Waals surface area (Å²) in [7, 11) is 0. The Hall–Kier alpha value is -2.48. The highest BCUT2D eigenvalue weighted by Gasteiger charge is 2.16. The minimum absolute atomic E-state index is 0.0912. The number of aliphatic hydroxyl groups excluding tert-OH is 1. The van der Waals surface area contributed by atoms with E-state index in [1.807, 2.05) is 25.1 Å². The summed E-state index contributed by atoms with van der Waals surface area (Å²) < 4.78 is 5.39. The summed E-state index contributed by atoms with van der Waals surface area (Å²) in [5, 5.41) is 21.1. The molecule has 1 aromatic carbocycles. The average Bonchev–Trinajstić information content (AvgIpc) is 2.75. The van der Waals surface area contributed by atoms with Crippen molar-refractivity contribution < 1.29 is 9.84 Å². The zero-order chi connectivity index (χ0) is 20.6. The molecule has 3 N–H and O–H groups in total. The van der Waals surface area contributed by atoms with E-state index in [0.29, 0.717) is 34.8 Å². The van der Waals surface area contributed by atoms with Gasteiger partial charge in [-0.05, 0) is 37.3 Å². The van der Waals surface area contributed by atoms with Crippen molar-refractivity contribution >= 4 is 29.7 Å². The van der Waals surface area contributed by atoms with E-state index in [0.717, 1.165) is 37.2 Å². The summed E-state index contributed by atoms with van der Waals surface area (Å²) in [6, 6.07) is 5.89. The van der Waals surface area contributed by atoms with Gasteiger partial charge in [-0.1, -0.05) is 35.9 Å². The minimum atomic E-state index is -0.0912. The number of benzene rings is 1. The minimum Gasteiger partial charge on any atom is -0.392 e. The van der Waals surface area contributed by atoms with Gasteiger partial charge in [0, 0.05) is 42.2 Å². The topological polar surface area (TPSA) is 94.4 Å². The molecule has 3 rings (SSSR count). The summed E-state index contributed by atoms with van der Waals surface area (Å²) in [6.45, 7) is 3.31. The molecule has 7 nitrogen and oxygen atoms in total. The van der Waals surface area contributed by atoms with Crippen molar-refractivity contribution in [2.75, 3.05) is 23.4 Å². The molecule has 29 heavy (non-hydrogen) atoms. The van der Waals surface area contributed by atoms with Crippen molar-refractivity contribution in [2.24, 2.45) is 0 Å². The fourth-order valence-electron chi connectivity index (χ4n) is 3.17. The molecule has 2 heterocycles. The summed E-state index contributed by atoms with van der Waals surface area (Å²) in [6.07, 6.45) is 9.12. The zero-order valence-electron chi connectivity index (χ0n) is 16.4. The zero-order valence-corrected chi connectivity index (χ0v) is 17.2. The SMILES string of the molecule is Cc1cnc(NC2CCOCC2)nc1N(C=N)/C=C/Cc1cccc(CO)c1Cl. The summed E-state index contributed by atoms with van der Waals surface area (Å²) in [4.78, 5) is 10.6. The first-order chi connectivity index (χ1) is 14.1. The molecule has 154 valence electrons. The van der Waals surface area contributed by atoms with Crippen LogP contribution in [-0.4, -0.2) is 40.7 Å². The molecular formula is C21H26ClN5O2. The number of rotatable bonds is 8. The fourth-order valence-corrected chi connectivity index (χ4v) is 3.43. The number of hydrogen-bond donors (Lipinski definition) is 3. The van der Waals surface area contributed by atoms with E-state index in [1.165, 1.54) is 6.34 Å².